The summed E-state index contributed by atoms with van der Waals surface area (Å²) in [7, 11) is -3.06. The molecule has 2 rings (SSSR count). The quantitative estimate of drug-likeness (QED) is 0.745. The Balaban J connectivity index is 1.95. The minimum Gasteiger partial charge on any atom is -0.452 e. The fourth-order valence-corrected chi connectivity index (χ4v) is 5.42. The Morgan fingerprint density at radius 2 is 2.09 bits per heavy atom. The van der Waals surface area contributed by atoms with Crippen molar-refractivity contribution in [2.24, 2.45) is 0 Å². The third kappa shape index (κ3) is 4.32. The van der Waals surface area contributed by atoms with Gasteiger partial charge < -0.3 is 9.64 Å². The number of rotatable bonds is 5. The van der Waals surface area contributed by atoms with E-state index in [1.807, 2.05) is 13.8 Å². The molecular formula is C15H21NO5S2. The molecule has 0 N–H and O–H groups in total. The number of nitrogens with zero attached hydrogens (tertiary/aromatic N) is 1. The smallest absolute Gasteiger partial charge is 0.339 e. The number of hydrogen-bond donors (Lipinski definition) is 0. The zero-order valence-corrected chi connectivity index (χ0v) is 15.1. The first-order valence-corrected chi connectivity index (χ1v) is 10.1. The summed E-state index contributed by atoms with van der Waals surface area (Å²) in [5.74, 6) is -0.777. The van der Waals surface area contributed by atoms with Crippen LogP contribution in [0.25, 0.3) is 0 Å². The number of thiophene rings is 1. The van der Waals surface area contributed by atoms with E-state index in [-0.39, 0.29) is 30.1 Å². The number of aryl methyl sites for hydroxylation is 2. The van der Waals surface area contributed by atoms with Crippen molar-refractivity contribution < 1.29 is 22.7 Å². The largest absolute Gasteiger partial charge is 0.452 e. The maximum absolute atomic E-state index is 12.3. The molecule has 0 saturated carbocycles. The van der Waals surface area contributed by atoms with Gasteiger partial charge in [0.2, 0.25) is 0 Å². The number of amides is 1. The van der Waals surface area contributed by atoms with Crippen molar-refractivity contribution in [3.8, 4) is 0 Å². The maximum Gasteiger partial charge on any atom is 0.339 e. The molecule has 1 aromatic heterocycles. The van der Waals surface area contributed by atoms with Gasteiger partial charge in [-0.25, -0.2) is 13.2 Å². The number of hydrogen-bond acceptors (Lipinski definition) is 6. The molecule has 0 radical (unpaired) electrons. The fourth-order valence-electron chi connectivity index (χ4n) is 2.78. The molecule has 1 aliphatic rings. The van der Waals surface area contributed by atoms with Crippen LogP contribution in [0.2, 0.25) is 0 Å². The summed E-state index contributed by atoms with van der Waals surface area (Å²) >= 11 is 1.50. The number of likely N-dealkylation sites (N-methyl/N-ethyl adjacent to an activating group) is 1. The molecule has 6 nitrogen and oxygen atoms in total. The van der Waals surface area contributed by atoms with Crippen LogP contribution in [0.5, 0.6) is 0 Å². The molecule has 0 aliphatic carbocycles. The first kappa shape index (κ1) is 17.9. The van der Waals surface area contributed by atoms with Crippen LogP contribution in [-0.4, -0.2) is 55.9 Å². The van der Waals surface area contributed by atoms with E-state index in [2.05, 4.69) is 0 Å². The third-order valence-corrected chi connectivity index (χ3v) is 6.61. The Morgan fingerprint density at radius 3 is 2.57 bits per heavy atom. The summed E-state index contributed by atoms with van der Waals surface area (Å²) in [5, 5.41) is 0. The molecule has 0 unspecified atom stereocenters. The van der Waals surface area contributed by atoms with E-state index in [0.29, 0.717) is 18.5 Å². The second kappa shape index (κ2) is 7.00. The van der Waals surface area contributed by atoms with Crippen LogP contribution in [-0.2, 0) is 19.4 Å². The molecule has 1 saturated heterocycles. The average Bonchev–Trinajstić information content (AvgIpc) is 2.99. The average molecular weight is 359 g/mol. The molecule has 23 heavy (non-hydrogen) atoms. The van der Waals surface area contributed by atoms with Gasteiger partial charge in [0, 0.05) is 22.3 Å². The van der Waals surface area contributed by atoms with E-state index >= 15 is 0 Å². The second-order valence-corrected chi connectivity index (χ2v) is 9.33. The van der Waals surface area contributed by atoms with Crippen molar-refractivity contribution in [3.63, 3.8) is 0 Å². The molecule has 1 aromatic rings. The second-order valence-electron chi connectivity index (χ2n) is 5.64. The molecule has 1 aliphatic heterocycles. The molecule has 0 aromatic carbocycles. The van der Waals surface area contributed by atoms with E-state index in [1.165, 1.54) is 16.2 Å². The predicted molar refractivity (Wildman–Crippen MR) is 88.5 cm³/mol. The SMILES string of the molecule is CCN(C(=O)COC(=O)c1cc(C)sc1C)[C@@H]1CCS(=O)(=O)C1. The lowest BCUT2D eigenvalue weighted by Crippen LogP contribution is -2.43. The van der Waals surface area contributed by atoms with Gasteiger partial charge in [-0.05, 0) is 33.3 Å². The first-order valence-electron chi connectivity index (χ1n) is 7.47. The zero-order chi connectivity index (χ0) is 17.2. The normalized spacial score (nSPS) is 19.5. The molecule has 0 bridgehead atoms. The van der Waals surface area contributed by atoms with Gasteiger partial charge in [-0.15, -0.1) is 11.3 Å². The van der Waals surface area contributed by atoms with Gasteiger partial charge in [-0.1, -0.05) is 0 Å². The molecule has 128 valence electrons. The lowest BCUT2D eigenvalue weighted by atomic mass is 10.2. The van der Waals surface area contributed by atoms with Gasteiger partial charge in [0.15, 0.2) is 16.4 Å². The number of carbonyl (C=O) groups excluding carboxylic acids is 2. The number of ether oxygens (including phenoxy) is 1. The zero-order valence-electron chi connectivity index (χ0n) is 13.5. The third-order valence-electron chi connectivity index (χ3n) is 3.90. The van der Waals surface area contributed by atoms with Gasteiger partial charge in [0.05, 0.1) is 17.1 Å². The van der Waals surface area contributed by atoms with Gasteiger partial charge in [-0.3, -0.25) is 4.79 Å². The van der Waals surface area contributed by atoms with Crippen LogP contribution in [0, 0.1) is 13.8 Å². The molecule has 1 fully saturated rings. The number of sulfone groups is 1. The van der Waals surface area contributed by atoms with Crippen molar-refractivity contribution in [1.82, 2.24) is 4.90 Å². The Morgan fingerprint density at radius 1 is 1.39 bits per heavy atom. The molecule has 8 heteroatoms. The summed E-state index contributed by atoms with van der Waals surface area (Å²) in [6.45, 7) is 5.55. The molecule has 1 atom stereocenters. The maximum atomic E-state index is 12.3. The van der Waals surface area contributed by atoms with Gasteiger partial charge in [-0.2, -0.15) is 0 Å². The van der Waals surface area contributed by atoms with Crippen molar-refractivity contribution in [2.75, 3.05) is 24.7 Å². The lowest BCUT2D eigenvalue weighted by Gasteiger charge is -2.26. The van der Waals surface area contributed by atoms with Crippen molar-refractivity contribution in [1.29, 1.82) is 0 Å². The van der Waals surface area contributed by atoms with Crippen molar-refractivity contribution in [3.05, 3.63) is 21.4 Å². The Labute approximate surface area is 140 Å². The topological polar surface area (TPSA) is 80.8 Å². The van der Waals surface area contributed by atoms with E-state index in [1.54, 1.807) is 13.0 Å². The summed E-state index contributed by atoms with van der Waals surface area (Å²) in [4.78, 5) is 27.6. The van der Waals surface area contributed by atoms with Crippen molar-refractivity contribution in [2.45, 2.75) is 33.2 Å². The molecular weight excluding hydrogens is 338 g/mol. The number of esters is 1. The molecule has 0 spiro atoms. The number of carbonyl (C=O) groups is 2. The minimum absolute atomic E-state index is 0.0106. The highest BCUT2D eigenvalue weighted by Crippen LogP contribution is 2.21. The Bertz CT molecular complexity index is 707. The van der Waals surface area contributed by atoms with E-state index in [4.69, 9.17) is 4.74 Å². The van der Waals surface area contributed by atoms with E-state index < -0.39 is 15.8 Å². The first-order chi connectivity index (χ1) is 10.7. The van der Waals surface area contributed by atoms with Crippen LogP contribution >= 0.6 is 11.3 Å². The summed E-state index contributed by atoms with van der Waals surface area (Å²) in [6.07, 6.45) is 0.443. The lowest BCUT2D eigenvalue weighted by molar-refractivity contribution is -0.136. The Hall–Kier alpha value is -1.41. The Kier molecular flexibility index (Phi) is 5.46. The van der Waals surface area contributed by atoms with Crippen molar-refractivity contribution >= 4 is 33.1 Å². The highest BCUT2D eigenvalue weighted by atomic mass is 32.2. The predicted octanol–water partition coefficient (Wildman–Crippen LogP) is 1.56. The highest BCUT2D eigenvalue weighted by molar-refractivity contribution is 7.91. The van der Waals surface area contributed by atoms with Gasteiger partial charge in [0.1, 0.15) is 0 Å². The summed E-state index contributed by atoms with van der Waals surface area (Å²) < 4.78 is 28.2. The van der Waals surface area contributed by atoms with E-state index in [0.717, 1.165) is 9.75 Å². The van der Waals surface area contributed by atoms with E-state index in [9.17, 15) is 18.0 Å². The molecule has 1 amide bonds. The standard InChI is InChI=1S/C15H21NO5S2/c1-4-16(12-5-6-23(19,20)9-12)14(17)8-21-15(18)13-7-10(2)22-11(13)3/h7,12H,4-6,8-9H2,1-3H3/t12-/m1/s1. The monoisotopic (exact) mass is 359 g/mol. The van der Waals surface area contributed by atoms with Crippen LogP contribution in [0.15, 0.2) is 6.07 Å². The van der Waals surface area contributed by atoms with Crippen LogP contribution < -0.4 is 0 Å². The van der Waals surface area contributed by atoms with Crippen LogP contribution in [0.3, 0.4) is 0 Å². The summed E-state index contributed by atoms with van der Waals surface area (Å²) in [5.41, 5.74) is 0.479. The van der Waals surface area contributed by atoms with Gasteiger partial charge in [0.25, 0.3) is 5.91 Å². The molecule has 2 heterocycles. The minimum atomic E-state index is -3.06. The van der Waals surface area contributed by atoms with Crippen LogP contribution in [0.1, 0.15) is 33.5 Å². The van der Waals surface area contributed by atoms with Gasteiger partial charge >= 0.3 is 5.97 Å². The summed E-state index contributed by atoms with van der Waals surface area (Å²) in [6, 6.07) is 1.43. The fraction of sp³-hybridized carbons (Fsp3) is 0.600. The highest BCUT2D eigenvalue weighted by Gasteiger charge is 2.34. The van der Waals surface area contributed by atoms with Crippen LogP contribution in [0.4, 0.5) is 0 Å².